The number of nitrogens with one attached hydrogen (secondary N) is 1. The normalized spacial score (nSPS) is 15.6. The highest BCUT2D eigenvalue weighted by Gasteiger charge is 2.24. The average molecular weight is 428 g/mol. The molecule has 0 aliphatic heterocycles. The molecule has 0 spiro atoms. The zero-order valence-electron chi connectivity index (χ0n) is 12.4. The molecule has 4 rings (SSSR count). The van der Waals surface area contributed by atoms with Gasteiger partial charge in [0.05, 0.1) is 20.4 Å². The number of aromatic nitrogens is 1. The smallest absolute Gasteiger partial charge is 0.131 e. The van der Waals surface area contributed by atoms with Crippen LogP contribution < -0.4 is 5.32 Å². The lowest BCUT2D eigenvalue weighted by atomic mass is 10.1. The molecule has 1 aliphatic rings. The van der Waals surface area contributed by atoms with Crippen molar-refractivity contribution in [2.24, 2.45) is 0 Å². The number of halogens is 2. The van der Waals surface area contributed by atoms with E-state index >= 15 is 0 Å². The molecule has 0 saturated heterocycles. The Labute approximate surface area is 157 Å². The number of anilines is 1. The SMILES string of the molecule is Clc1cc(NCc2cccs2)c2sc(C3CCCC3)c(Br)c2n1. The zero-order valence-corrected chi connectivity index (χ0v) is 16.4. The van der Waals surface area contributed by atoms with Gasteiger partial charge in [-0.2, -0.15) is 0 Å². The van der Waals surface area contributed by atoms with E-state index in [2.05, 4.69) is 43.7 Å². The minimum absolute atomic E-state index is 0.544. The first-order chi connectivity index (χ1) is 11.2. The Bertz CT molecular complexity index is 823. The minimum Gasteiger partial charge on any atom is -0.379 e. The maximum absolute atomic E-state index is 6.26. The van der Waals surface area contributed by atoms with Crippen LogP contribution in [0.15, 0.2) is 28.1 Å². The summed E-state index contributed by atoms with van der Waals surface area (Å²) in [6.45, 7) is 0.821. The third-order valence-corrected chi connectivity index (χ3v) is 7.85. The molecule has 6 heteroatoms. The van der Waals surface area contributed by atoms with E-state index in [4.69, 9.17) is 11.6 Å². The van der Waals surface area contributed by atoms with Crippen LogP contribution in [0.4, 0.5) is 5.69 Å². The summed E-state index contributed by atoms with van der Waals surface area (Å²) in [5.41, 5.74) is 2.08. The highest BCUT2D eigenvalue weighted by Crippen LogP contribution is 2.47. The summed E-state index contributed by atoms with van der Waals surface area (Å²) in [6.07, 6.45) is 5.25. The molecule has 3 aromatic heterocycles. The highest BCUT2D eigenvalue weighted by atomic mass is 79.9. The van der Waals surface area contributed by atoms with E-state index in [-0.39, 0.29) is 0 Å². The van der Waals surface area contributed by atoms with Gasteiger partial charge in [-0.15, -0.1) is 22.7 Å². The molecule has 0 aromatic carbocycles. The van der Waals surface area contributed by atoms with Crippen molar-refractivity contribution in [1.82, 2.24) is 4.98 Å². The van der Waals surface area contributed by atoms with Gasteiger partial charge in [0.15, 0.2) is 0 Å². The molecule has 3 aromatic rings. The Morgan fingerprint density at radius 2 is 2.17 bits per heavy atom. The van der Waals surface area contributed by atoms with Crippen LogP contribution in [0, 0.1) is 0 Å². The van der Waals surface area contributed by atoms with E-state index in [0.29, 0.717) is 11.1 Å². The van der Waals surface area contributed by atoms with E-state index in [1.165, 1.54) is 40.1 Å². The number of nitrogens with zero attached hydrogens (tertiary/aromatic N) is 1. The van der Waals surface area contributed by atoms with Crippen molar-refractivity contribution in [3.05, 3.63) is 43.0 Å². The number of thiophene rings is 2. The maximum Gasteiger partial charge on any atom is 0.131 e. The zero-order chi connectivity index (χ0) is 15.8. The molecule has 0 amide bonds. The van der Waals surface area contributed by atoms with E-state index in [9.17, 15) is 0 Å². The van der Waals surface area contributed by atoms with Gasteiger partial charge in [-0.3, -0.25) is 0 Å². The van der Waals surface area contributed by atoms with Crippen LogP contribution >= 0.6 is 50.2 Å². The Morgan fingerprint density at radius 1 is 1.35 bits per heavy atom. The molecule has 0 atom stereocenters. The average Bonchev–Trinajstić information content (AvgIpc) is 3.26. The van der Waals surface area contributed by atoms with E-state index in [1.54, 1.807) is 11.3 Å². The first-order valence-corrected chi connectivity index (χ1v) is 10.6. The molecule has 120 valence electrons. The highest BCUT2D eigenvalue weighted by molar-refractivity contribution is 9.10. The van der Waals surface area contributed by atoms with Gasteiger partial charge in [0.25, 0.3) is 0 Å². The fourth-order valence-corrected chi connectivity index (χ4v) is 6.32. The van der Waals surface area contributed by atoms with Gasteiger partial charge < -0.3 is 5.32 Å². The van der Waals surface area contributed by atoms with Crippen molar-refractivity contribution < 1.29 is 0 Å². The minimum atomic E-state index is 0.544. The summed E-state index contributed by atoms with van der Waals surface area (Å²) in [6, 6.07) is 6.17. The fraction of sp³-hybridized carbons (Fsp3) is 0.353. The third-order valence-electron chi connectivity index (χ3n) is 4.34. The van der Waals surface area contributed by atoms with Crippen molar-refractivity contribution in [3.8, 4) is 0 Å². The molecule has 0 unspecified atom stereocenters. The van der Waals surface area contributed by atoms with Gasteiger partial charge >= 0.3 is 0 Å². The Hall–Kier alpha value is -0.620. The van der Waals surface area contributed by atoms with Gasteiger partial charge in [-0.05, 0) is 46.1 Å². The number of fused-ring (bicyclic) bond motifs is 1. The van der Waals surface area contributed by atoms with Crippen molar-refractivity contribution in [3.63, 3.8) is 0 Å². The Balaban J connectivity index is 1.72. The molecule has 2 nitrogen and oxygen atoms in total. The largest absolute Gasteiger partial charge is 0.379 e. The van der Waals surface area contributed by atoms with Crippen molar-refractivity contribution in [2.45, 2.75) is 38.1 Å². The van der Waals surface area contributed by atoms with Crippen LogP contribution in [0.25, 0.3) is 10.2 Å². The Morgan fingerprint density at radius 3 is 2.91 bits per heavy atom. The number of rotatable bonds is 4. The van der Waals surface area contributed by atoms with Gasteiger partial charge in [0, 0.05) is 22.4 Å². The second kappa shape index (κ2) is 6.71. The first kappa shape index (κ1) is 15.9. The second-order valence-corrected chi connectivity index (χ2v) is 9.13. The first-order valence-electron chi connectivity index (χ1n) is 7.77. The van der Waals surface area contributed by atoms with Crippen LogP contribution in [0.3, 0.4) is 0 Å². The molecule has 23 heavy (non-hydrogen) atoms. The lowest BCUT2D eigenvalue weighted by Gasteiger charge is -2.06. The van der Waals surface area contributed by atoms with Crippen LogP contribution in [0.1, 0.15) is 41.4 Å². The lowest BCUT2D eigenvalue weighted by Crippen LogP contribution is -1.98. The maximum atomic E-state index is 6.26. The third kappa shape index (κ3) is 3.16. The quantitative estimate of drug-likeness (QED) is 0.451. The van der Waals surface area contributed by atoms with Gasteiger partial charge in [0.1, 0.15) is 5.15 Å². The van der Waals surface area contributed by atoms with Crippen LogP contribution in [0.2, 0.25) is 5.15 Å². The van der Waals surface area contributed by atoms with E-state index in [1.807, 2.05) is 17.4 Å². The Kier molecular flexibility index (Phi) is 4.63. The van der Waals surface area contributed by atoms with Crippen LogP contribution in [-0.2, 0) is 6.54 Å². The fourth-order valence-electron chi connectivity index (χ4n) is 3.20. The van der Waals surface area contributed by atoms with E-state index < -0.39 is 0 Å². The predicted octanol–water partition coefficient (Wildman–Crippen LogP) is 7.04. The molecular weight excluding hydrogens is 412 g/mol. The molecule has 1 N–H and O–H groups in total. The van der Waals surface area contributed by atoms with Gasteiger partial charge in [-0.25, -0.2) is 4.98 Å². The monoisotopic (exact) mass is 426 g/mol. The molecule has 1 saturated carbocycles. The van der Waals surface area contributed by atoms with Crippen LogP contribution in [0.5, 0.6) is 0 Å². The predicted molar refractivity (Wildman–Crippen MR) is 105 cm³/mol. The molecular formula is C17H16BrClN2S2. The molecule has 1 fully saturated rings. The van der Waals surface area contributed by atoms with Crippen molar-refractivity contribution >= 4 is 66.1 Å². The second-order valence-electron chi connectivity index (χ2n) is 5.86. The van der Waals surface area contributed by atoms with E-state index in [0.717, 1.165) is 22.2 Å². The summed E-state index contributed by atoms with van der Waals surface area (Å²) in [5, 5.41) is 6.18. The number of pyridine rings is 1. The summed E-state index contributed by atoms with van der Waals surface area (Å²) in [4.78, 5) is 7.32. The molecule has 1 aliphatic carbocycles. The summed E-state index contributed by atoms with van der Waals surface area (Å²) in [5.74, 6) is 0.674. The van der Waals surface area contributed by atoms with Gasteiger partial charge in [-0.1, -0.05) is 30.5 Å². The lowest BCUT2D eigenvalue weighted by molar-refractivity contribution is 0.735. The number of hydrogen-bond donors (Lipinski definition) is 1. The molecule has 0 bridgehead atoms. The van der Waals surface area contributed by atoms with Crippen molar-refractivity contribution in [1.29, 1.82) is 0 Å². The molecule has 0 radical (unpaired) electrons. The number of hydrogen-bond acceptors (Lipinski definition) is 4. The summed E-state index contributed by atoms with van der Waals surface area (Å²) < 4.78 is 2.35. The summed E-state index contributed by atoms with van der Waals surface area (Å²) >= 11 is 13.7. The topological polar surface area (TPSA) is 24.9 Å². The van der Waals surface area contributed by atoms with Crippen LogP contribution in [-0.4, -0.2) is 4.98 Å². The summed E-state index contributed by atoms with van der Waals surface area (Å²) in [7, 11) is 0. The molecule has 3 heterocycles. The standard InChI is InChI=1S/C17H16BrClN2S2/c18-14-15-17(23-16(14)10-4-1-2-5-10)12(8-13(19)21-15)20-9-11-6-3-7-22-11/h3,6-8,10H,1-2,4-5,9H2,(H,20,21). The van der Waals surface area contributed by atoms with Gasteiger partial charge in [0.2, 0.25) is 0 Å². The van der Waals surface area contributed by atoms with Crippen molar-refractivity contribution in [2.75, 3.05) is 5.32 Å².